The zero-order chi connectivity index (χ0) is 74.4. The number of aliphatic hydroxyl groups is 1. The van der Waals surface area contributed by atoms with Crippen molar-refractivity contribution in [3.05, 3.63) is 235 Å². The fraction of sp³-hybridized carbons (Fsp3) is 0.359. The van der Waals surface area contributed by atoms with E-state index in [0.29, 0.717) is 48.5 Å². The first kappa shape index (κ1) is 84.4. The highest BCUT2D eigenvalue weighted by Gasteiger charge is 2.43. The molecule has 1 unspecified atom stereocenters. The zero-order valence-corrected chi connectivity index (χ0v) is 57.7. The predicted octanol–water partition coefficient (Wildman–Crippen LogP) is 10.0. The van der Waals surface area contributed by atoms with Crippen LogP contribution in [0.2, 0.25) is 0 Å². The summed E-state index contributed by atoms with van der Waals surface area (Å²) in [5.74, 6) is -11.8. The SMILES string of the molecule is C.C.CCO.Cc1cc2c(cc1C)C1CC(N)=C(C(=O)OC(C)C)CN1CC2.Cc1cc2c(cc1C)[C@@H]1CC(N)=C(C(=O)OC(C)C)CN1CC2.O=C(O[C@H](C(=O)O)[C@H](OC(=O)c1ccccc1)C(=O)O)c1ccccc1.O=C(O[C@H](C(=O)O)[C@H](OC(=O)c1ccccc1)C(=O)O)c1ccccc1. The molecule has 10 rings (SSSR count). The molecule has 9 N–H and O–H groups in total. The molecule has 103 heavy (non-hydrogen) atoms. The number of ether oxygens (including phenoxy) is 6. The van der Waals surface area contributed by atoms with Crippen molar-refractivity contribution in [2.24, 2.45) is 11.5 Å². The van der Waals surface area contributed by atoms with Crippen LogP contribution in [0.4, 0.5) is 0 Å². The molecule has 25 heteroatoms. The van der Waals surface area contributed by atoms with Gasteiger partial charge in [-0.2, -0.15) is 0 Å². The lowest BCUT2D eigenvalue weighted by atomic mass is 9.84. The number of carboxylic acids is 4. The number of nitrogens with zero attached hydrogens (tertiary/aromatic N) is 2. The van der Waals surface area contributed by atoms with Crippen molar-refractivity contribution in [3.8, 4) is 0 Å². The molecule has 4 heterocycles. The molecule has 6 aromatic carbocycles. The molecule has 6 atom stereocenters. The van der Waals surface area contributed by atoms with Gasteiger partial charge < -0.3 is 65.4 Å². The number of aliphatic carboxylic acids is 4. The van der Waals surface area contributed by atoms with E-state index in [1.807, 2.05) is 27.7 Å². The summed E-state index contributed by atoms with van der Waals surface area (Å²) in [5, 5.41) is 44.5. The van der Waals surface area contributed by atoms with E-state index in [4.69, 9.17) is 45.0 Å². The molecule has 0 fully saturated rings. The van der Waals surface area contributed by atoms with Crippen LogP contribution in [0.15, 0.2) is 168 Å². The average Bonchev–Trinajstić information content (AvgIpc) is 0.773. The van der Waals surface area contributed by atoms with E-state index >= 15 is 0 Å². The van der Waals surface area contributed by atoms with Crippen molar-refractivity contribution < 1.29 is 102 Å². The Morgan fingerprint density at radius 2 is 0.641 bits per heavy atom. The van der Waals surface area contributed by atoms with Crippen molar-refractivity contribution in [3.63, 3.8) is 0 Å². The summed E-state index contributed by atoms with van der Waals surface area (Å²) < 4.78 is 29.7. The van der Waals surface area contributed by atoms with Crippen LogP contribution in [0, 0.1) is 27.7 Å². The molecule has 0 aliphatic carbocycles. The summed E-state index contributed by atoms with van der Waals surface area (Å²) in [6.45, 7) is 21.1. The number of rotatable bonds is 18. The number of carboxylic acid groups (broad SMARTS) is 4. The van der Waals surface area contributed by atoms with Crippen molar-refractivity contribution in [1.29, 1.82) is 0 Å². The molecule has 25 nitrogen and oxygen atoms in total. The van der Waals surface area contributed by atoms with Gasteiger partial charge in [-0.3, -0.25) is 9.80 Å². The van der Waals surface area contributed by atoms with Crippen molar-refractivity contribution >= 4 is 59.7 Å². The first-order chi connectivity index (χ1) is 47.9. The Bertz CT molecular complexity index is 3610. The third-order valence-corrected chi connectivity index (χ3v) is 16.4. The van der Waals surface area contributed by atoms with Crippen molar-refractivity contribution in [2.45, 2.75) is 152 Å². The summed E-state index contributed by atoms with van der Waals surface area (Å²) in [4.78, 5) is 123. The lowest BCUT2D eigenvalue weighted by Gasteiger charge is -2.41. The first-order valence-corrected chi connectivity index (χ1v) is 32.6. The monoisotopic (exact) mass is 1420 g/mol. The molecule has 0 radical (unpaired) electrons. The minimum atomic E-state index is -2.21. The fourth-order valence-electron chi connectivity index (χ4n) is 11.2. The predicted molar refractivity (Wildman–Crippen MR) is 381 cm³/mol. The van der Waals surface area contributed by atoms with E-state index in [1.54, 1.807) is 31.2 Å². The maximum atomic E-state index is 12.3. The van der Waals surface area contributed by atoms with Gasteiger partial charge in [0.2, 0.25) is 24.4 Å². The number of fused-ring (bicyclic) bond motifs is 6. The number of benzene rings is 6. The van der Waals surface area contributed by atoms with Gasteiger partial charge in [-0.05, 0) is 168 Å². The first-order valence-electron chi connectivity index (χ1n) is 32.6. The topological polar surface area (TPSA) is 386 Å². The van der Waals surface area contributed by atoms with E-state index in [2.05, 4.69) is 61.8 Å². The smallest absolute Gasteiger partial charge is 0.349 e. The quantitative estimate of drug-likeness (QED) is 0.0310. The molecule has 0 amide bonds. The molecule has 4 aliphatic rings. The van der Waals surface area contributed by atoms with Crippen LogP contribution in [0.25, 0.3) is 0 Å². The number of esters is 6. The van der Waals surface area contributed by atoms with Gasteiger partial charge in [-0.1, -0.05) is 112 Å². The highest BCUT2D eigenvalue weighted by Crippen LogP contribution is 2.41. The number of aliphatic hydroxyl groups excluding tert-OH is 1. The van der Waals surface area contributed by atoms with Crippen LogP contribution in [0.1, 0.15) is 160 Å². The summed E-state index contributed by atoms with van der Waals surface area (Å²) in [5.41, 5.74) is 26.2. The zero-order valence-electron chi connectivity index (χ0n) is 57.7. The van der Waals surface area contributed by atoms with Gasteiger partial charge in [0.1, 0.15) is 0 Å². The van der Waals surface area contributed by atoms with Gasteiger partial charge in [-0.15, -0.1) is 0 Å². The number of hydrogen-bond acceptors (Lipinski definition) is 21. The minimum absolute atomic E-state index is 0. The highest BCUT2D eigenvalue weighted by atomic mass is 16.6. The number of aryl methyl sites for hydroxylation is 4. The third-order valence-electron chi connectivity index (χ3n) is 16.4. The average molecular weight is 1420 g/mol. The summed E-state index contributed by atoms with van der Waals surface area (Å²) in [6, 6.07) is 39.5. The van der Waals surface area contributed by atoms with Crippen LogP contribution in [-0.4, -0.2) is 164 Å². The maximum absolute atomic E-state index is 12.3. The molecular formula is C78H94N4O21. The second kappa shape index (κ2) is 39.8. The largest absolute Gasteiger partial charge is 0.478 e. The Morgan fingerprint density at radius 3 is 0.864 bits per heavy atom. The van der Waals surface area contributed by atoms with Crippen molar-refractivity contribution in [2.75, 3.05) is 32.8 Å². The van der Waals surface area contributed by atoms with Crippen LogP contribution in [0.5, 0.6) is 0 Å². The van der Waals surface area contributed by atoms with E-state index in [1.165, 1.54) is 142 Å². The Morgan fingerprint density at radius 1 is 0.408 bits per heavy atom. The molecule has 0 aromatic heterocycles. The van der Waals surface area contributed by atoms with Gasteiger partial charge in [0.15, 0.2) is 0 Å². The standard InChI is InChI=1S/2C19H26N2O2.2C18H14O8.C2H6O.2CH4/c2*1-11(2)23-19(22)16-10-21-6-5-14-7-12(3)13(4)8-15(14)18(21)9-17(16)20;2*19-15(20)13(25-17(23)11-7-3-1-4-8-11)14(16(21)22)26-18(24)12-9-5-2-6-10-12;1-2-3;;/h2*7-8,11,18H,5-6,9-10,20H2,1-4H3;2*1-10,13-14H,(H,19,20)(H,21,22);3H,2H2,1H3;2*1H4/t18-;;2*13-,14-;;;/m0.00.../s1. The maximum Gasteiger partial charge on any atom is 0.349 e. The Kier molecular flexibility index (Phi) is 32.6. The van der Waals surface area contributed by atoms with Crippen LogP contribution >= 0.6 is 0 Å². The van der Waals surface area contributed by atoms with Gasteiger partial charge >= 0.3 is 59.7 Å². The third kappa shape index (κ3) is 23.5. The fourth-order valence-corrected chi connectivity index (χ4v) is 11.2. The number of carbonyl (C=O) groups excluding carboxylic acids is 6. The summed E-state index contributed by atoms with van der Waals surface area (Å²) in [7, 11) is 0. The minimum Gasteiger partial charge on any atom is -0.478 e. The Labute approximate surface area is 599 Å². The van der Waals surface area contributed by atoms with Gasteiger partial charge in [0.25, 0.3) is 0 Å². The molecule has 6 aromatic rings. The molecule has 0 bridgehead atoms. The number of hydrogen-bond donors (Lipinski definition) is 7. The summed E-state index contributed by atoms with van der Waals surface area (Å²) in [6.07, 6.45) is -5.63. The molecule has 0 saturated heterocycles. The second-order valence-corrected chi connectivity index (χ2v) is 24.5. The molecular weight excluding hydrogens is 1330 g/mol. The number of nitrogens with two attached hydrogens (primary N) is 2. The normalized spacial score (nSPS) is 15.9. The molecule has 552 valence electrons. The molecule has 0 spiro atoms. The van der Waals surface area contributed by atoms with Crippen LogP contribution in [-0.2, 0) is 70.0 Å². The Hall–Kier alpha value is -11.0. The van der Waals surface area contributed by atoms with Gasteiger partial charge in [-0.25, -0.2) is 47.9 Å². The Balaban J connectivity index is 0.000000285. The molecule has 0 saturated carbocycles. The van der Waals surface area contributed by atoms with Crippen LogP contribution < -0.4 is 11.5 Å². The second-order valence-electron chi connectivity index (χ2n) is 24.5. The lowest BCUT2D eigenvalue weighted by Crippen LogP contribution is -2.45. The van der Waals surface area contributed by atoms with E-state index in [9.17, 15) is 68.4 Å². The summed E-state index contributed by atoms with van der Waals surface area (Å²) >= 11 is 0. The van der Waals surface area contributed by atoms with E-state index < -0.39 is 72.2 Å². The van der Waals surface area contributed by atoms with Gasteiger partial charge in [0.05, 0.1) is 45.6 Å². The van der Waals surface area contributed by atoms with Gasteiger partial charge in [0, 0.05) is 69.1 Å². The van der Waals surface area contributed by atoms with E-state index in [0.717, 1.165) is 25.9 Å². The number of carbonyl (C=O) groups is 10. The van der Waals surface area contributed by atoms with Crippen molar-refractivity contribution in [1.82, 2.24) is 9.80 Å². The highest BCUT2D eigenvalue weighted by molar-refractivity contribution is 5.97. The van der Waals surface area contributed by atoms with Crippen LogP contribution in [0.3, 0.4) is 0 Å². The van der Waals surface area contributed by atoms with E-state index in [-0.39, 0.29) is 79.9 Å². The molecule has 4 aliphatic heterocycles. The lowest BCUT2D eigenvalue weighted by molar-refractivity contribution is -0.166.